The van der Waals surface area contributed by atoms with Crippen molar-refractivity contribution in [1.82, 2.24) is 0 Å². The standard InChI is InChI=1S/C17H16FNO3S/c1-12-6-8-13(9-7-12)23(21,22)19-11-10-15(18)17(20)14-4-2-3-5-16(14)19/h2-9,15H,10-11H2,1H3/t15-/m1/s1. The monoisotopic (exact) mass is 333 g/mol. The third kappa shape index (κ3) is 2.74. The Morgan fingerprint density at radius 3 is 2.43 bits per heavy atom. The summed E-state index contributed by atoms with van der Waals surface area (Å²) in [6.45, 7) is 1.80. The Morgan fingerprint density at radius 1 is 1.09 bits per heavy atom. The van der Waals surface area contributed by atoms with Crippen LogP contribution in [0, 0.1) is 6.92 Å². The van der Waals surface area contributed by atoms with E-state index in [2.05, 4.69) is 0 Å². The Kier molecular flexibility index (Phi) is 3.93. The van der Waals surface area contributed by atoms with Gasteiger partial charge in [-0.15, -0.1) is 0 Å². The van der Waals surface area contributed by atoms with Gasteiger partial charge in [-0.05, 0) is 31.2 Å². The molecule has 0 aliphatic carbocycles. The van der Waals surface area contributed by atoms with Crippen LogP contribution in [0.15, 0.2) is 53.4 Å². The summed E-state index contributed by atoms with van der Waals surface area (Å²) in [5.41, 5.74) is 1.28. The number of Topliss-reactive ketones (excluding diaryl/α,β-unsaturated/α-hetero) is 1. The highest BCUT2D eigenvalue weighted by Gasteiger charge is 2.34. The van der Waals surface area contributed by atoms with Gasteiger partial charge in [-0.3, -0.25) is 9.10 Å². The molecule has 0 unspecified atom stereocenters. The zero-order valence-electron chi connectivity index (χ0n) is 12.6. The topological polar surface area (TPSA) is 54.5 Å². The van der Waals surface area contributed by atoms with Crippen LogP contribution >= 0.6 is 0 Å². The lowest BCUT2D eigenvalue weighted by Crippen LogP contribution is -2.32. The first kappa shape index (κ1) is 15.7. The van der Waals surface area contributed by atoms with Crippen LogP contribution in [0.4, 0.5) is 10.1 Å². The predicted molar refractivity (Wildman–Crippen MR) is 86.0 cm³/mol. The molecule has 1 aliphatic heterocycles. The van der Waals surface area contributed by atoms with Gasteiger partial charge < -0.3 is 0 Å². The first-order valence-electron chi connectivity index (χ1n) is 7.28. The quantitative estimate of drug-likeness (QED) is 0.848. The van der Waals surface area contributed by atoms with Gasteiger partial charge in [-0.25, -0.2) is 12.8 Å². The van der Waals surface area contributed by atoms with E-state index in [1.165, 1.54) is 24.3 Å². The molecule has 0 spiro atoms. The van der Waals surface area contributed by atoms with Crippen molar-refractivity contribution in [2.45, 2.75) is 24.4 Å². The molecule has 2 aromatic rings. The van der Waals surface area contributed by atoms with E-state index in [1.807, 2.05) is 6.92 Å². The largest absolute Gasteiger partial charge is 0.291 e. The zero-order valence-corrected chi connectivity index (χ0v) is 13.4. The van der Waals surface area contributed by atoms with E-state index in [0.29, 0.717) is 0 Å². The lowest BCUT2D eigenvalue weighted by molar-refractivity contribution is 0.0876. The second-order valence-electron chi connectivity index (χ2n) is 5.53. The second-order valence-corrected chi connectivity index (χ2v) is 7.39. The third-order valence-electron chi connectivity index (χ3n) is 3.92. The summed E-state index contributed by atoms with van der Waals surface area (Å²) in [5.74, 6) is -0.665. The van der Waals surface area contributed by atoms with Gasteiger partial charge in [0, 0.05) is 18.5 Å². The van der Waals surface area contributed by atoms with E-state index in [-0.39, 0.29) is 29.1 Å². The number of ketones is 1. The summed E-state index contributed by atoms with van der Waals surface area (Å²) < 4.78 is 40.9. The molecule has 0 saturated heterocycles. The summed E-state index contributed by atoms with van der Waals surface area (Å²) in [6.07, 6.45) is -1.84. The highest BCUT2D eigenvalue weighted by molar-refractivity contribution is 7.92. The summed E-state index contributed by atoms with van der Waals surface area (Å²) in [5, 5.41) is 0. The molecule has 4 nitrogen and oxygen atoms in total. The number of anilines is 1. The number of halogens is 1. The first-order chi connectivity index (χ1) is 10.9. The van der Waals surface area contributed by atoms with Gasteiger partial charge in [0.05, 0.1) is 10.6 Å². The van der Waals surface area contributed by atoms with Gasteiger partial charge in [0.25, 0.3) is 10.0 Å². The van der Waals surface area contributed by atoms with Crippen molar-refractivity contribution in [3.63, 3.8) is 0 Å². The van der Waals surface area contributed by atoms with Crippen LogP contribution in [0.2, 0.25) is 0 Å². The van der Waals surface area contributed by atoms with Gasteiger partial charge >= 0.3 is 0 Å². The molecule has 0 N–H and O–H groups in total. The van der Waals surface area contributed by atoms with Crippen LogP contribution in [-0.4, -0.2) is 26.9 Å². The molecule has 0 saturated carbocycles. The van der Waals surface area contributed by atoms with Crippen LogP contribution in [0.3, 0.4) is 0 Å². The number of benzene rings is 2. The number of hydrogen-bond acceptors (Lipinski definition) is 3. The van der Waals surface area contributed by atoms with E-state index in [9.17, 15) is 17.6 Å². The van der Waals surface area contributed by atoms with Crippen LogP contribution in [-0.2, 0) is 10.0 Å². The number of aryl methyl sites for hydroxylation is 1. The van der Waals surface area contributed by atoms with Gasteiger partial charge in [-0.1, -0.05) is 29.8 Å². The van der Waals surface area contributed by atoms with Crippen molar-refractivity contribution < 1.29 is 17.6 Å². The average molecular weight is 333 g/mol. The van der Waals surface area contributed by atoms with Crippen LogP contribution in [0.5, 0.6) is 0 Å². The number of sulfonamides is 1. The third-order valence-corrected chi connectivity index (χ3v) is 5.74. The minimum atomic E-state index is -3.85. The summed E-state index contributed by atoms with van der Waals surface area (Å²) in [6, 6.07) is 12.7. The Morgan fingerprint density at radius 2 is 1.74 bits per heavy atom. The SMILES string of the molecule is Cc1ccc(S(=O)(=O)N2CC[C@@H](F)C(=O)c3ccccc32)cc1. The van der Waals surface area contributed by atoms with Crippen molar-refractivity contribution in [2.75, 3.05) is 10.8 Å². The number of carbonyl (C=O) groups excluding carboxylic acids is 1. The van der Waals surface area contributed by atoms with Crippen LogP contribution in [0.25, 0.3) is 0 Å². The van der Waals surface area contributed by atoms with Crippen molar-refractivity contribution in [2.24, 2.45) is 0 Å². The van der Waals surface area contributed by atoms with Gasteiger partial charge in [0.1, 0.15) is 0 Å². The van der Waals surface area contributed by atoms with Crippen molar-refractivity contribution in [3.05, 3.63) is 59.7 Å². The van der Waals surface area contributed by atoms with Crippen molar-refractivity contribution in [3.8, 4) is 0 Å². The first-order valence-corrected chi connectivity index (χ1v) is 8.72. The average Bonchev–Trinajstić information content (AvgIpc) is 2.66. The van der Waals surface area contributed by atoms with E-state index >= 15 is 0 Å². The molecule has 6 heteroatoms. The maximum atomic E-state index is 14.0. The predicted octanol–water partition coefficient (Wildman–Crippen LogP) is 3.11. The minimum Gasteiger partial charge on any atom is -0.291 e. The molecule has 1 atom stereocenters. The molecule has 1 aliphatic rings. The van der Waals surface area contributed by atoms with Crippen molar-refractivity contribution >= 4 is 21.5 Å². The van der Waals surface area contributed by atoms with E-state index < -0.39 is 22.0 Å². The van der Waals surface area contributed by atoms with Crippen molar-refractivity contribution in [1.29, 1.82) is 0 Å². The molecule has 0 radical (unpaired) electrons. The normalized spacial score (nSPS) is 18.4. The highest BCUT2D eigenvalue weighted by Crippen LogP contribution is 2.32. The number of nitrogens with zero attached hydrogens (tertiary/aromatic N) is 1. The minimum absolute atomic E-state index is 0.0693. The Hall–Kier alpha value is -2.21. The summed E-state index contributed by atoms with van der Waals surface area (Å²) in [4.78, 5) is 12.2. The molecule has 23 heavy (non-hydrogen) atoms. The lowest BCUT2D eigenvalue weighted by Gasteiger charge is -2.24. The number of fused-ring (bicyclic) bond motifs is 1. The maximum Gasteiger partial charge on any atom is 0.264 e. The van der Waals surface area contributed by atoms with E-state index in [4.69, 9.17) is 0 Å². The molecule has 3 rings (SSSR count). The fourth-order valence-electron chi connectivity index (χ4n) is 2.64. The summed E-state index contributed by atoms with van der Waals surface area (Å²) >= 11 is 0. The number of hydrogen-bond donors (Lipinski definition) is 0. The Labute approximate surface area is 134 Å². The molecule has 0 amide bonds. The molecular weight excluding hydrogens is 317 g/mol. The van der Waals surface area contributed by atoms with Crippen LogP contribution < -0.4 is 4.31 Å². The maximum absolute atomic E-state index is 14.0. The molecule has 120 valence electrons. The number of para-hydroxylation sites is 1. The second kappa shape index (κ2) is 5.77. The number of carbonyl (C=O) groups is 1. The molecular formula is C17H16FNO3S. The van der Waals surface area contributed by atoms with Gasteiger partial charge in [0.15, 0.2) is 12.0 Å². The zero-order chi connectivity index (χ0) is 16.6. The van der Waals surface area contributed by atoms with E-state index in [1.54, 1.807) is 24.3 Å². The smallest absolute Gasteiger partial charge is 0.264 e. The number of rotatable bonds is 2. The molecule has 0 bridgehead atoms. The van der Waals surface area contributed by atoms with Crippen LogP contribution in [0.1, 0.15) is 22.3 Å². The van der Waals surface area contributed by atoms with Gasteiger partial charge in [0.2, 0.25) is 0 Å². The molecule has 2 aromatic carbocycles. The molecule has 0 aromatic heterocycles. The lowest BCUT2D eigenvalue weighted by atomic mass is 10.1. The fraction of sp³-hybridized carbons (Fsp3) is 0.235. The van der Waals surface area contributed by atoms with Gasteiger partial charge in [-0.2, -0.15) is 0 Å². The molecule has 1 heterocycles. The summed E-state index contributed by atoms with van der Waals surface area (Å²) in [7, 11) is -3.85. The highest BCUT2D eigenvalue weighted by atomic mass is 32.2. The Balaban J connectivity index is 2.13. The fourth-order valence-corrected chi connectivity index (χ4v) is 4.14. The van der Waals surface area contributed by atoms with E-state index in [0.717, 1.165) is 9.87 Å². The Bertz CT molecular complexity index is 846. The number of alkyl halides is 1. The molecule has 0 fully saturated rings.